The molecule has 0 bridgehead atoms. The molecule has 0 aromatic heterocycles. The number of carbonyl (C=O) groups excluding carboxylic acids is 2. The van der Waals surface area contributed by atoms with E-state index in [1.807, 2.05) is 27.7 Å². The molecule has 0 spiro atoms. The van der Waals surface area contributed by atoms with Gasteiger partial charge in [0.25, 0.3) is 5.79 Å². The lowest BCUT2D eigenvalue weighted by Crippen LogP contribution is -2.40. The Hall–Kier alpha value is -2.20. The van der Waals surface area contributed by atoms with Gasteiger partial charge < -0.3 is 9.84 Å². The number of carbonyl (C=O) groups is 2. The molecule has 0 aliphatic rings. The largest absolute Gasteiger partial charge is 0.421 e. The number of rotatable bonds is 13. The number of allylic oxidation sites excluding steroid dienone is 8. The monoisotopic (exact) mass is 430 g/mol. The van der Waals surface area contributed by atoms with E-state index in [2.05, 4.69) is 39.0 Å². The number of ether oxygens (including phenoxy) is 1. The molecule has 0 aliphatic heterocycles. The first-order valence-electron chi connectivity index (χ1n) is 11.1. The molecule has 31 heavy (non-hydrogen) atoms. The fraction of sp³-hybridized carbons (Fsp3) is 0.556. The number of hydrogen-bond donors (Lipinski definition) is 1. The molecule has 0 rings (SSSR count). The number of hydrogen-bond acceptors (Lipinski definition) is 4. The van der Waals surface area contributed by atoms with Gasteiger partial charge >= 0.3 is 5.97 Å². The summed E-state index contributed by atoms with van der Waals surface area (Å²) >= 11 is 0. The topological polar surface area (TPSA) is 63.6 Å². The molecule has 1 N–H and O–H groups in total. The van der Waals surface area contributed by atoms with Crippen LogP contribution in [0.5, 0.6) is 0 Å². The van der Waals surface area contributed by atoms with E-state index in [-0.39, 0.29) is 0 Å². The average molecular weight is 431 g/mol. The van der Waals surface area contributed by atoms with Crippen LogP contribution in [-0.2, 0) is 14.3 Å². The lowest BCUT2D eigenvalue weighted by molar-refractivity contribution is -0.190. The van der Waals surface area contributed by atoms with Crippen molar-refractivity contribution in [3.63, 3.8) is 0 Å². The summed E-state index contributed by atoms with van der Waals surface area (Å²) in [6, 6.07) is 0. The van der Waals surface area contributed by atoms with Gasteiger partial charge in [-0.2, -0.15) is 0 Å². The van der Waals surface area contributed by atoms with Crippen LogP contribution in [0.4, 0.5) is 0 Å². The molecule has 0 saturated carbocycles. The van der Waals surface area contributed by atoms with E-state index in [9.17, 15) is 14.7 Å². The van der Waals surface area contributed by atoms with Gasteiger partial charge in [0.15, 0.2) is 0 Å². The van der Waals surface area contributed by atoms with Gasteiger partial charge in [0.1, 0.15) is 0 Å². The fourth-order valence-corrected chi connectivity index (χ4v) is 3.00. The van der Waals surface area contributed by atoms with E-state index in [0.29, 0.717) is 12.8 Å². The van der Waals surface area contributed by atoms with Crippen LogP contribution in [0.1, 0.15) is 93.9 Å². The van der Waals surface area contributed by atoms with Crippen LogP contribution in [0, 0.1) is 0 Å². The quantitative estimate of drug-likeness (QED) is 0.149. The second-order valence-corrected chi connectivity index (χ2v) is 8.87. The summed E-state index contributed by atoms with van der Waals surface area (Å²) in [7, 11) is 0. The minimum Gasteiger partial charge on any atom is -0.421 e. The van der Waals surface area contributed by atoms with Crippen LogP contribution in [0.2, 0.25) is 0 Å². The maximum atomic E-state index is 12.7. The smallest absolute Gasteiger partial charge is 0.305 e. The van der Waals surface area contributed by atoms with Gasteiger partial charge in [-0.25, -0.2) is 0 Å². The first-order chi connectivity index (χ1) is 14.4. The molecule has 1 atom stereocenters. The molecule has 4 heteroatoms. The minimum atomic E-state index is -2.27. The Kier molecular flexibility index (Phi) is 13.7. The summed E-state index contributed by atoms with van der Waals surface area (Å²) in [5.74, 6) is -3.61. The molecule has 0 heterocycles. The third-order valence-electron chi connectivity index (χ3n) is 4.69. The van der Waals surface area contributed by atoms with Crippen LogP contribution in [0.25, 0.3) is 0 Å². The highest BCUT2D eigenvalue weighted by Crippen LogP contribution is 2.20. The molecule has 0 radical (unpaired) electrons. The van der Waals surface area contributed by atoms with Gasteiger partial charge in [-0.05, 0) is 99.1 Å². The standard InChI is InChI=1S/C27H42O4/c1-20(2)12-9-14-22(5)15-11-17-24(7)19-27(30,31-25(8)28)26(29)18-23(6)16-10-13-21(3)4/h12-13,15,18-19,30H,9-11,14,16-17H2,1-8H3/b22-15+,23-18+,24-19+. The van der Waals surface area contributed by atoms with E-state index in [0.717, 1.165) is 36.8 Å². The third-order valence-corrected chi connectivity index (χ3v) is 4.69. The summed E-state index contributed by atoms with van der Waals surface area (Å²) in [4.78, 5) is 24.2. The van der Waals surface area contributed by atoms with Gasteiger partial charge in [0.2, 0.25) is 5.78 Å². The van der Waals surface area contributed by atoms with Gasteiger partial charge in [-0.3, -0.25) is 9.59 Å². The normalized spacial score (nSPS) is 14.5. The zero-order chi connectivity index (χ0) is 24.0. The van der Waals surface area contributed by atoms with Gasteiger partial charge in [0.05, 0.1) is 0 Å². The fourth-order valence-electron chi connectivity index (χ4n) is 3.00. The molecule has 1 unspecified atom stereocenters. The Bertz CT molecular complexity index is 754. The lowest BCUT2D eigenvalue weighted by atomic mass is 10.0. The highest BCUT2D eigenvalue weighted by Gasteiger charge is 2.35. The molecular formula is C27H42O4. The summed E-state index contributed by atoms with van der Waals surface area (Å²) in [6.45, 7) is 15.2. The van der Waals surface area contributed by atoms with Crippen molar-refractivity contribution in [1.29, 1.82) is 0 Å². The molecule has 0 aromatic rings. The lowest BCUT2D eigenvalue weighted by Gasteiger charge is -2.22. The Morgan fingerprint density at radius 1 is 0.710 bits per heavy atom. The number of ketones is 1. The molecule has 4 nitrogen and oxygen atoms in total. The van der Waals surface area contributed by atoms with E-state index < -0.39 is 17.5 Å². The Balaban J connectivity index is 5.19. The van der Waals surface area contributed by atoms with E-state index >= 15 is 0 Å². The van der Waals surface area contributed by atoms with Crippen molar-refractivity contribution in [3.05, 3.63) is 58.2 Å². The van der Waals surface area contributed by atoms with E-state index in [4.69, 9.17) is 4.74 Å². The highest BCUT2D eigenvalue weighted by atomic mass is 16.7. The summed E-state index contributed by atoms with van der Waals surface area (Å²) in [6.07, 6.45) is 14.3. The maximum absolute atomic E-state index is 12.7. The van der Waals surface area contributed by atoms with Crippen LogP contribution in [-0.4, -0.2) is 22.6 Å². The first kappa shape index (κ1) is 28.8. The molecule has 0 aliphatic carbocycles. The summed E-state index contributed by atoms with van der Waals surface area (Å²) in [5.41, 5.74) is 5.47. The molecule has 174 valence electrons. The van der Waals surface area contributed by atoms with Crippen molar-refractivity contribution in [2.45, 2.75) is 99.7 Å². The van der Waals surface area contributed by atoms with Crippen molar-refractivity contribution in [2.75, 3.05) is 0 Å². The van der Waals surface area contributed by atoms with Gasteiger partial charge in [-0.1, -0.05) is 46.1 Å². The van der Waals surface area contributed by atoms with Crippen molar-refractivity contribution in [1.82, 2.24) is 0 Å². The second kappa shape index (κ2) is 14.7. The minimum absolute atomic E-state index is 0.634. The molecule has 0 amide bonds. The zero-order valence-electron chi connectivity index (χ0n) is 20.8. The van der Waals surface area contributed by atoms with Crippen molar-refractivity contribution >= 4 is 11.8 Å². The predicted molar refractivity (Wildman–Crippen MR) is 130 cm³/mol. The van der Waals surface area contributed by atoms with Crippen LogP contribution < -0.4 is 0 Å². The molecule has 0 aromatic carbocycles. The predicted octanol–water partition coefficient (Wildman–Crippen LogP) is 6.92. The maximum Gasteiger partial charge on any atom is 0.305 e. The van der Waals surface area contributed by atoms with Gasteiger partial charge in [0, 0.05) is 6.92 Å². The van der Waals surface area contributed by atoms with Crippen LogP contribution in [0.3, 0.4) is 0 Å². The summed E-state index contributed by atoms with van der Waals surface area (Å²) < 4.78 is 5.03. The van der Waals surface area contributed by atoms with Crippen molar-refractivity contribution < 1.29 is 19.4 Å². The van der Waals surface area contributed by atoms with Crippen LogP contribution in [0.15, 0.2) is 58.2 Å². The first-order valence-corrected chi connectivity index (χ1v) is 11.1. The number of aliphatic hydroxyl groups is 1. The Labute approximate surface area is 189 Å². The Morgan fingerprint density at radius 2 is 1.16 bits per heavy atom. The van der Waals surface area contributed by atoms with Crippen molar-refractivity contribution in [3.8, 4) is 0 Å². The molecular weight excluding hydrogens is 388 g/mol. The Morgan fingerprint density at radius 3 is 1.65 bits per heavy atom. The third kappa shape index (κ3) is 14.4. The van der Waals surface area contributed by atoms with Crippen molar-refractivity contribution in [2.24, 2.45) is 0 Å². The second-order valence-electron chi connectivity index (χ2n) is 8.87. The SMILES string of the molecule is CC(=O)OC(O)(/C=C(\C)CC/C=C(\C)CCC=C(C)C)C(=O)/C=C(\C)CCC=C(C)C. The van der Waals surface area contributed by atoms with E-state index in [1.54, 1.807) is 0 Å². The van der Waals surface area contributed by atoms with E-state index in [1.165, 1.54) is 35.8 Å². The molecule has 0 saturated heterocycles. The molecule has 0 fully saturated rings. The zero-order valence-corrected chi connectivity index (χ0v) is 20.8. The van der Waals surface area contributed by atoms with Crippen LogP contribution >= 0.6 is 0 Å². The van der Waals surface area contributed by atoms with Gasteiger partial charge in [-0.15, -0.1) is 0 Å². The number of esters is 1. The highest BCUT2D eigenvalue weighted by molar-refractivity contribution is 5.99. The summed E-state index contributed by atoms with van der Waals surface area (Å²) in [5, 5.41) is 10.8. The average Bonchev–Trinajstić information content (AvgIpc) is 2.60.